The largest absolute Gasteiger partial charge is 0.489 e. The van der Waals surface area contributed by atoms with E-state index < -0.39 is 18.2 Å². The van der Waals surface area contributed by atoms with Gasteiger partial charge in [0.1, 0.15) is 36.9 Å². The molecule has 3 aromatic carbocycles. The van der Waals surface area contributed by atoms with Crippen molar-refractivity contribution in [2.24, 2.45) is 0 Å². The third-order valence-electron chi connectivity index (χ3n) is 5.92. The topological polar surface area (TPSA) is 115 Å². The maximum absolute atomic E-state index is 11.7. The van der Waals surface area contributed by atoms with Gasteiger partial charge in [0.05, 0.1) is 18.8 Å². The monoisotopic (exact) mass is 514 g/mol. The van der Waals surface area contributed by atoms with Gasteiger partial charge in [-0.2, -0.15) is 0 Å². The van der Waals surface area contributed by atoms with E-state index in [1.807, 2.05) is 24.3 Å². The third kappa shape index (κ3) is 8.04. The molecular weight excluding hydrogens is 476 g/mol. The van der Waals surface area contributed by atoms with Crippen molar-refractivity contribution in [2.75, 3.05) is 39.6 Å². The standard InChI is InChI=1S/C29H38O8/c1-3-5-13-34-16-21(30)18-36-27-23-9-7-8-10-24(23)28(37-19-22(31)17-35-14-6-4-2)26-15-20(29(32)33)11-12-25(26)27/h7-12,15,21-22,30-31H,3-6,13-14,16-19H2,1-2H3,(H,32,33). The molecule has 2 unspecified atom stereocenters. The lowest BCUT2D eigenvalue weighted by Gasteiger charge is -2.20. The Kier molecular flexibility index (Phi) is 11.4. The Morgan fingerprint density at radius 2 is 1.22 bits per heavy atom. The second-order valence-electron chi connectivity index (χ2n) is 9.06. The van der Waals surface area contributed by atoms with Gasteiger partial charge in [-0.25, -0.2) is 4.79 Å². The number of carbonyl (C=O) groups is 1. The minimum atomic E-state index is -1.06. The highest BCUT2D eigenvalue weighted by Crippen LogP contribution is 2.43. The average Bonchev–Trinajstić information content (AvgIpc) is 2.90. The molecule has 3 aromatic rings. The molecule has 202 valence electrons. The predicted molar refractivity (Wildman–Crippen MR) is 143 cm³/mol. The zero-order chi connectivity index (χ0) is 26.6. The molecule has 8 heteroatoms. The molecule has 2 atom stereocenters. The molecule has 0 heterocycles. The van der Waals surface area contributed by atoms with Crippen LogP contribution in [0.1, 0.15) is 49.9 Å². The van der Waals surface area contributed by atoms with Gasteiger partial charge in [0.15, 0.2) is 0 Å². The van der Waals surface area contributed by atoms with Crippen molar-refractivity contribution in [2.45, 2.75) is 51.7 Å². The van der Waals surface area contributed by atoms with Gasteiger partial charge in [-0.15, -0.1) is 0 Å². The summed E-state index contributed by atoms with van der Waals surface area (Å²) in [5.74, 6) is -0.0875. The van der Waals surface area contributed by atoms with Crippen LogP contribution in [0.15, 0.2) is 42.5 Å². The molecule has 0 aliphatic heterocycles. The SMILES string of the molecule is CCCCOCC(O)COc1c2ccccc2c(OCC(O)COCCCC)c2cc(C(=O)O)ccc12. The fourth-order valence-corrected chi connectivity index (χ4v) is 3.93. The molecule has 0 fully saturated rings. The van der Waals surface area contributed by atoms with E-state index in [0.29, 0.717) is 40.9 Å². The molecule has 0 radical (unpaired) electrons. The van der Waals surface area contributed by atoms with Crippen LogP contribution in [-0.2, 0) is 9.47 Å². The van der Waals surface area contributed by atoms with Gasteiger partial charge in [-0.05, 0) is 31.0 Å². The van der Waals surface area contributed by atoms with Crippen molar-refractivity contribution in [1.82, 2.24) is 0 Å². The lowest BCUT2D eigenvalue weighted by molar-refractivity contribution is 0.0115. The van der Waals surface area contributed by atoms with E-state index in [1.54, 1.807) is 12.1 Å². The Balaban J connectivity index is 1.92. The number of hydrogen-bond acceptors (Lipinski definition) is 7. The first-order valence-corrected chi connectivity index (χ1v) is 12.9. The fourth-order valence-electron chi connectivity index (χ4n) is 3.93. The van der Waals surface area contributed by atoms with Crippen LogP contribution in [0.25, 0.3) is 21.5 Å². The molecule has 3 rings (SSSR count). The maximum Gasteiger partial charge on any atom is 0.335 e. The van der Waals surface area contributed by atoms with Gasteiger partial charge < -0.3 is 34.3 Å². The van der Waals surface area contributed by atoms with E-state index in [-0.39, 0.29) is 32.0 Å². The van der Waals surface area contributed by atoms with Crippen LogP contribution in [0.2, 0.25) is 0 Å². The number of carboxylic acids is 1. The lowest BCUT2D eigenvalue weighted by atomic mass is 9.98. The van der Waals surface area contributed by atoms with Gasteiger partial charge in [-0.1, -0.05) is 51.0 Å². The Morgan fingerprint density at radius 1 is 0.730 bits per heavy atom. The summed E-state index contributed by atoms with van der Waals surface area (Å²) in [4.78, 5) is 11.7. The van der Waals surface area contributed by atoms with E-state index in [0.717, 1.165) is 31.1 Å². The molecule has 3 N–H and O–H groups in total. The summed E-state index contributed by atoms with van der Waals surface area (Å²) in [5.41, 5.74) is 0.103. The summed E-state index contributed by atoms with van der Waals surface area (Å²) in [6.45, 7) is 5.61. The van der Waals surface area contributed by atoms with Crippen LogP contribution in [0.3, 0.4) is 0 Å². The summed E-state index contributed by atoms with van der Waals surface area (Å²) >= 11 is 0. The highest BCUT2D eigenvalue weighted by molar-refractivity contribution is 6.12. The molecule has 8 nitrogen and oxygen atoms in total. The summed E-state index contributed by atoms with van der Waals surface area (Å²) in [7, 11) is 0. The van der Waals surface area contributed by atoms with E-state index in [2.05, 4.69) is 13.8 Å². The first kappa shape index (κ1) is 28.7. The van der Waals surface area contributed by atoms with Gasteiger partial charge >= 0.3 is 5.97 Å². The molecular formula is C29H38O8. The number of fused-ring (bicyclic) bond motifs is 2. The quantitative estimate of drug-likeness (QED) is 0.174. The van der Waals surface area contributed by atoms with Gasteiger partial charge in [-0.3, -0.25) is 0 Å². The second-order valence-corrected chi connectivity index (χ2v) is 9.06. The van der Waals surface area contributed by atoms with Crippen LogP contribution < -0.4 is 9.47 Å². The first-order valence-electron chi connectivity index (χ1n) is 12.9. The number of hydrogen-bond donors (Lipinski definition) is 3. The van der Waals surface area contributed by atoms with Gasteiger partial charge in [0, 0.05) is 34.8 Å². The van der Waals surface area contributed by atoms with Gasteiger partial charge in [0.2, 0.25) is 0 Å². The summed E-state index contributed by atoms with van der Waals surface area (Å²) in [6, 6.07) is 12.2. The second kappa shape index (κ2) is 14.7. The number of ether oxygens (including phenoxy) is 4. The number of unbranched alkanes of at least 4 members (excludes halogenated alkanes) is 2. The Morgan fingerprint density at radius 3 is 1.70 bits per heavy atom. The highest BCUT2D eigenvalue weighted by atomic mass is 16.5. The van der Waals surface area contributed by atoms with Gasteiger partial charge in [0.25, 0.3) is 0 Å². The average molecular weight is 515 g/mol. The molecule has 0 aromatic heterocycles. The van der Waals surface area contributed by atoms with Crippen LogP contribution in [0.4, 0.5) is 0 Å². The molecule has 37 heavy (non-hydrogen) atoms. The number of rotatable bonds is 17. The zero-order valence-electron chi connectivity index (χ0n) is 21.7. The van der Waals surface area contributed by atoms with Crippen LogP contribution in [0.5, 0.6) is 11.5 Å². The van der Waals surface area contributed by atoms with E-state index in [9.17, 15) is 20.1 Å². The van der Waals surface area contributed by atoms with Crippen molar-refractivity contribution < 1.29 is 39.1 Å². The van der Waals surface area contributed by atoms with Crippen molar-refractivity contribution in [1.29, 1.82) is 0 Å². The Labute approximate surface area is 217 Å². The van der Waals surface area contributed by atoms with Crippen molar-refractivity contribution >= 4 is 27.5 Å². The lowest BCUT2D eigenvalue weighted by Crippen LogP contribution is -2.24. The number of aromatic carboxylic acids is 1. The zero-order valence-corrected chi connectivity index (χ0v) is 21.7. The molecule has 0 saturated heterocycles. The highest BCUT2D eigenvalue weighted by Gasteiger charge is 2.20. The molecule has 0 aliphatic rings. The number of aliphatic hydroxyl groups excluding tert-OH is 2. The fraction of sp³-hybridized carbons (Fsp3) is 0.483. The van der Waals surface area contributed by atoms with Crippen LogP contribution >= 0.6 is 0 Å². The number of benzene rings is 3. The van der Waals surface area contributed by atoms with Crippen molar-refractivity contribution in [3.63, 3.8) is 0 Å². The number of aliphatic hydroxyl groups is 2. The van der Waals surface area contributed by atoms with E-state index in [4.69, 9.17) is 18.9 Å². The normalized spacial score (nSPS) is 13.1. The third-order valence-corrected chi connectivity index (χ3v) is 5.92. The van der Waals surface area contributed by atoms with Crippen molar-refractivity contribution in [3.8, 4) is 11.5 Å². The van der Waals surface area contributed by atoms with E-state index >= 15 is 0 Å². The Bertz CT molecular complexity index is 1150. The maximum atomic E-state index is 11.7. The van der Waals surface area contributed by atoms with Crippen molar-refractivity contribution in [3.05, 3.63) is 48.0 Å². The Hall–Kier alpha value is -2.91. The summed E-state index contributed by atoms with van der Waals surface area (Å²) in [5, 5.41) is 33.0. The molecule has 0 aliphatic carbocycles. The van der Waals surface area contributed by atoms with Crippen LogP contribution in [0, 0.1) is 0 Å². The first-order chi connectivity index (χ1) is 18.0. The smallest absolute Gasteiger partial charge is 0.335 e. The molecule has 0 saturated carbocycles. The number of carboxylic acid groups (broad SMARTS) is 1. The predicted octanol–water partition coefficient (Wildman–Crippen LogP) is 4.80. The summed E-state index contributed by atoms with van der Waals surface area (Å²) in [6.07, 6.45) is 2.21. The van der Waals surface area contributed by atoms with E-state index in [1.165, 1.54) is 6.07 Å². The molecule has 0 amide bonds. The molecule has 0 bridgehead atoms. The summed E-state index contributed by atoms with van der Waals surface area (Å²) < 4.78 is 23.2. The van der Waals surface area contributed by atoms with Crippen LogP contribution in [-0.4, -0.2) is 73.1 Å². The molecule has 0 spiro atoms. The minimum absolute atomic E-state index is 0.0138. The minimum Gasteiger partial charge on any atom is -0.489 e.